The first kappa shape index (κ1) is 11.4. The Kier molecular flexibility index (Phi) is 3.74. The number of thioether (sulfide) groups is 1. The van der Waals surface area contributed by atoms with E-state index in [9.17, 15) is 0 Å². The lowest BCUT2D eigenvalue weighted by molar-refractivity contribution is 0.949. The van der Waals surface area contributed by atoms with Crippen LogP contribution in [0, 0.1) is 6.92 Å². The van der Waals surface area contributed by atoms with Crippen molar-refractivity contribution in [1.82, 2.24) is 15.0 Å². The van der Waals surface area contributed by atoms with Gasteiger partial charge in [-0.15, -0.1) is 0 Å². The van der Waals surface area contributed by atoms with Crippen LogP contribution < -0.4 is 0 Å². The number of hydrogen-bond donors (Lipinski definition) is 0. The zero-order valence-electron chi connectivity index (χ0n) is 8.72. The molecular weight excluding hydrogens is 242 g/mol. The quantitative estimate of drug-likeness (QED) is 0.477. The van der Waals surface area contributed by atoms with Crippen LogP contribution in [0.5, 0.6) is 0 Å². The Labute approximate surface area is 103 Å². The van der Waals surface area contributed by atoms with Crippen molar-refractivity contribution in [2.45, 2.75) is 17.8 Å². The van der Waals surface area contributed by atoms with Crippen LogP contribution in [0.4, 0.5) is 0 Å². The fourth-order valence-corrected chi connectivity index (χ4v) is 2.16. The summed E-state index contributed by atoms with van der Waals surface area (Å²) in [6.07, 6.45) is 5.29. The molecule has 0 radical (unpaired) electrons. The molecular formula is C11H10ClN3S. The Morgan fingerprint density at radius 1 is 1.25 bits per heavy atom. The van der Waals surface area contributed by atoms with E-state index in [4.69, 9.17) is 11.6 Å². The number of nitrogens with zero attached hydrogens (tertiary/aromatic N) is 3. The standard InChI is InChI=1S/C11H10ClN3S/c1-8-5-14-11(15-6-8)16-7-9-3-2-4-13-10(9)12/h2-6H,7H2,1H3. The molecule has 0 unspecified atom stereocenters. The van der Waals surface area contributed by atoms with Crippen LogP contribution in [0.3, 0.4) is 0 Å². The minimum Gasteiger partial charge on any atom is -0.244 e. The Hall–Kier alpha value is -1.13. The first-order valence-corrected chi connectivity index (χ1v) is 6.13. The van der Waals surface area contributed by atoms with Gasteiger partial charge in [-0.1, -0.05) is 29.4 Å². The van der Waals surface area contributed by atoms with Crippen molar-refractivity contribution in [2.75, 3.05) is 0 Å². The van der Waals surface area contributed by atoms with E-state index in [1.165, 1.54) is 0 Å². The predicted octanol–water partition coefficient (Wildman–Crippen LogP) is 3.13. The molecule has 16 heavy (non-hydrogen) atoms. The molecule has 2 heterocycles. The smallest absolute Gasteiger partial charge is 0.187 e. The van der Waals surface area contributed by atoms with E-state index >= 15 is 0 Å². The second-order valence-electron chi connectivity index (χ2n) is 3.28. The summed E-state index contributed by atoms with van der Waals surface area (Å²) in [5.41, 5.74) is 2.06. The van der Waals surface area contributed by atoms with Crippen molar-refractivity contribution in [1.29, 1.82) is 0 Å². The predicted molar refractivity (Wildman–Crippen MR) is 65.6 cm³/mol. The average Bonchev–Trinajstić information content (AvgIpc) is 2.30. The van der Waals surface area contributed by atoms with Crippen LogP contribution in [0.2, 0.25) is 5.15 Å². The Morgan fingerprint density at radius 2 is 2.00 bits per heavy atom. The Balaban J connectivity index is 2.02. The average molecular weight is 252 g/mol. The monoisotopic (exact) mass is 251 g/mol. The largest absolute Gasteiger partial charge is 0.244 e. The zero-order chi connectivity index (χ0) is 11.4. The number of pyridine rings is 1. The van der Waals surface area contributed by atoms with Crippen molar-refractivity contribution in [2.24, 2.45) is 0 Å². The molecule has 3 nitrogen and oxygen atoms in total. The van der Waals surface area contributed by atoms with E-state index < -0.39 is 0 Å². The summed E-state index contributed by atoms with van der Waals surface area (Å²) >= 11 is 7.50. The minimum atomic E-state index is 0.544. The van der Waals surface area contributed by atoms with Gasteiger partial charge in [0.25, 0.3) is 0 Å². The third-order valence-corrected chi connectivity index (χ3v) is 3.22. The third-order valence-electron chi connectivity index (χ3n) is 1.95. The highest BCUT2D eigenvalue weighted by molar-refractivity contribution is 7.98. The van der Waals surface area contributed by atoms with E-state index in [0.717, 1.165) is 22.0 Å². The molecule has 5 heteroatoms. The SMILES string of the molecule is Cc1cnc(SCc2cccnc2Cl)nc1. The molecule has 0 aliphatic heterocycles. The second-order valence-corrected chi connectivity index (χ2v) is 4.59. The molecule has 0 amide bonds. The number of aromatic nitrogens is 3. The van der Waals surface area contributed by atoms with Crippen LogP contribution in [0.25, 0.3) is 0 Å². The van der Waals surface area contributed by atoms with E-state index in [1.807, 2.05) is 19.1 Å². The number of hydrogen-bond acceptors (Lipinski definition) is 4. The summed E-state index contributed by atoms with van der Waals surface area (Å²) in [5.74, 6) is 0.732. The van der Waals surface area contributed by atoms with E-state index in [1.54, 1.807) is 30.4 Å². The molecule has 0 aromatic carbocycles. The van der Waals surface area contributed by atoms with Gasteiger partial charge in [-0.05, 0) is 24.1 Å². The zero-order valence-corrected chi connectivity index (χ0v) is 10.3. The highest BCUT2D eigenvalue weighted by Gasteiger charge is 2.02. The summed E-state index contributed by atoms with van der Waals surface area (Å²) in [4.78, 5) is 12.4. The van der Waals surface area contributed by atoms with Crippen molar-refractivity contribution in [3.63, 3.8) is 0 Å². The Morgan fingerprint density at radius 3 is 2.69 bits per heavy atom. The van der Waals surface area contributed by atoms with Gasteiger partial charge in [-0.3, -0.25) is 0 Å². The molecule has 2 rings (SSSR count). The maximum absolute atomic E-state index is 5.95. The van der Waals surface area contributed by atoms with Crippen molar-refractivity contribution >= 4 is 23.4 Å². The second kappa shape index (κ2) is 5.27. The highest BCUT2D eigenvalue weighted by Crippen LogP contribution is 2.22. The topological polar surface area (TPSA) is 38.7 Å². The number of halogens is 1. The first-order chi connectivity index (χ1) is 7.75. The van der Waals surface area contributed by atoms with Crippen molar-refractivity contribution in [3.8, 4) is 0 Å². The summed E-state index contributed by atoms with van der Waals surface area (Å²) in [6.45, 7) is 1.96. The molecule has 0 spiro atoms. The number of rotatable bonds is 3. The van der Waals surface area contributed by atoms with Crippen LogP contribution >= 0.6 is 23.4 Å². The van der Waals surface area contributed by atoms with E-state index in [0.29, 0.717) is 5.15 Å². The first-order valence-electron chi connectivity index (χ1n) is 4.76. The van der Waals surface area contributed by atoms with Crippen LogP contribution in [-0.2, 0) is 5.75 Å². The number of aryl methyl sites for hydroxylation is 1. The molecule has 2 aromatic heterocycles. The molecule has 0 N–H and O–H groups in total. The molecule has 0 saturated carbocycles. The van der Waals surface area contributed by atoms with Gasteiger partial charge >= 0.3 is 0 Å². The molecule has 0 fully saturated rings. The van der Waals surface area contributed by atoms with Gasteiger partial charge in [-0.25, -0.2) is 15.0 Å². The lowest BCUT2D eigenvalue weighted by atomic mass is 10.3. The van der Waals surface area contributed by atoms with Crippen LogP contribution in [0.1, 0.15) is 11.1 Å². The molecule has 2 aromatic rings. The molecule has 0 bridgehead atoms. The molecule has 0 aliphatic rings. The van der Waals surface area contributed by atoms with Gasteiger partial charge in [0.2, 0.25) is 0 Å². The van der Waals surface area contributed by atoms with E-state index in [2.05, 4.69) is 15.0 Å². The van der Waals surface area contributed by atoms with E-state index in [-0.39, 0.29) is 0 Å². The molecule has 0 atom stereocenters. The summed E-state index contributed by atoms with van der Waals surface area (Å²) in [6, 6.07) is 3.83. The van der Waals surface area contributed by atoms with Gasteiger partial charge in [0.05, 0.1) is 0 Å². The van der Waals surface area contributed by atoms with Gasteiger partial charge in [0.15, 0.2) is 5.16 Å². The summed E-state index contributed by atoms with van der Waals surface area (Å²) in [5, 5.41) is 1.30. The lowest BCUT2D eigenvalue weighted by Crippen LogP contribution is -1.89. The molecule has 0 aliphatic carbocycles. The fourth-order valence-electron chi connectivity index (χ4n) is 1.12. The fraction of sp³-hybridized carbons (Fsp3) is 0.182. The van der Waals surface area contributed by atoms with Gasteiger partial charge in [-0.2, -0.15) is 0 Å². The van der Waals surface area contributed by atoms with Crippen molar-refractivity contribution < 1.29 is 0 Å². The van der Waals surface area contributed by atoms with Gasteiger partial charge in [0, 0.05) is 24.3 Å². The maximum atomic E-state index is 5.95. The van der Waals surface area contributed by atoms with Gasteiger partial charge in [0.1, 0.15) is 5.15 Å². The van der Waals surface area contributed by atoms with Crippen LogP contribution in [0.15, 0.2) is 35.9 Å². The molecule has 0 saturated heterocycles. The highest BCUT2D eigenvalue weighted by atomic mass is 35.5. The third kappa shape index (κ3) is 2.93. The summed E-state index contributed by atoms with van der Waals surface area (Å²) < 4.78 is 0. The maximum Gasteiger partial charge on any atom is 0.187 e. The van der Waals surface area contributed by atoms with Crippen molar-refractivity contribution in [3.05, 3.63) is 47.0 Å². The van der Waals surface area contributed by atoms with Gasteiger partial charge < -0.3 is 0 Å². The normalized spacial score (nSPS) is 10.4. The Bertz CT molecular complexity index is 473. The van der Waals surface area contributed by atoms with Crippen LogP contribution in [-0.4, -0.2) is 15.0 Å². The molecule has 82 valence electrons. The summed E-state index contributed by atoms with van der Waals surface area (Å²) in [7, 11) is 0. The lowest BCUT2D eigenvalue weighted by Gasteiger charge is -2.02. The minimum absolute atomic E-state index is 0.544.